The molecule has 0 aliphatic heterocycles. The van der Waals surface area contributed by atoms with Crippen molar-refractivity contribution in [3.8, 4) is 56.9 Å². The van der Waals surface area contributed by atoms with E-state index in [1.54, 1.807) is 0 Å². The van der Waals surface area contributed by atoms with Crippen molar-refractivity contribution in [3.63, 3.8) is 0 Å². The summed E-state index contributed by atoms with van der Waals surface area (Å²) in [5, 5.41) is 9.35. The zero-order chi connectivity index (χ0) is 50.7. The van der Waals surface area contributed by atoms with Crippen LogP contribution in [0.5, 0.6) is 0 Å². The van der Waals surface area contributed by atoms with Gasteiger partial charge in [0.05, 0.1) is 44.1 Å². The molecular weight excluding hydrogens is 939 g/mol. The summed E-state index contributed by atoms with van der Waals surface area (Å²) < 4.78 is 9.84. The molecule has 360 valence electrons. The maximum absolute atomic E-state index is 5.48. The Bertz CT molecular complexity index is 4960. The van der Waals surface area contributed by atoms with Crippen molar-refractivity contribution in [2.24, 2.45) is 0 Å². The third-order valence-electron chi connectivity index (χ3n) is 15.7. The number of nitrogens with zero attached hydrogens (tertiary/aromatic N) is 7. The molecule has 0 spiro atoms. The number of hydrogen-bond donors (Lipinski definition) is 0. The van der Waals surface area contributed by atoms with Crippen LogP contribution in [-0.4, -0.2) is 33.2 Å². The van der Waals surface area contributed by atoms with Gasteiger partial charge in [-0.3, -0.25) is 0 Å². The van der Waals surface area contributed by atoms with Crippen LogP contribution in [0.15, 0.2) is 255 Å². The Hall–Kier alpha value is -10.4. The third-order valence-corrected chi connectivity index (χ3v) is 15.7. The van der Waals surface area contributed by atoms with E-state index < -0.39 is 0 Å². The first-order valence-electron chi connectivity index (χ1n) is 26.2. The summed E-state index contributed by atoms with van der Waals surface area (Å²) in [7, 11) is 0. The van der Waals surface area contributed by atoms with Crippen LogP contribution < -0.4 is 0 Å². The molecule has 0 saturated carbocycles. The van der Waals surface area contributed by atoms with E-state index in [4.69, 9.17) is 15.0 Å². The van der Waals surface area contributed by atoms with Crippen LogP contribution in [0.2, 0.25) is 0 Å². The molecule has 0 amide bonds. The van der Waals surface area contributed by atoms with Crippen LogP contribution in [0.25, 0.3) is 144 Å². The molecule has 0 fully saturated rings. The Kier molecular flexibility index (Phi) is 9.41. The van der Waals surface area contributed by atoms with E-state index in [9.17, 15) is 0 Å². The lowest BCUT2D eigenvalue weighted by molar-refractivity contribution is 1.07. The molecular formula is C70H45N7. The Morgan fingerprint density at radius 3 is 1.27 bits per heavy atom. The average Bonchev–Trinajstić information content (AvgIpc) is 4.25. The largest absolute Gasteiger partial charge is 0.309 e. The van der Waals surface area contributed by atoms with Gasteiger partial charge in [-0.1, -0.05) is 170 Å². The summed E-state index contributed by atoms with van der Waals surface area (Å²) >= 11 is 0. The summed E-state index contributed by atoms with van der Waals surface area (Å²) in [6.07, 6.45) is 0. The van der Waals surface area contributed by atoms with E-state index in [1.807, 2.05) is 36.4 Å². The predicted molar refractivity (Wildman–Crippen MR) is 318 cm³/mol. The fraction of sp³-hybridized carbons (Fsp3) is 0.0143. The van der Waals surface area contributed by atoms with E-state index in [2.05, 4.69) is 244 Å². The smallest absolute Gasteiger partial charge is 0.166 e. The summed E-state index contributed by atoms with van der Waals surface area (Å²) in [6, 6.07) is 91.2. The maximum Gasteiger partial charge on any atom is 0.166 e. The molecule has 77 heavy (non-hydrogen) atoms. The molecule has 11 aromatic carbocycles. The molecule has 16 aromatic rings. The number of para-hydroxylation sites is 6. The van der Waals surface area contributed by atoms with Crippen molar-refractivity contribution in [1.29, 1.82) is 0 Å². The zero-order valence-electron chi connectivity index (χ0n) is 41.9. The first-order chi connectivity index (χ1) is 38.2. The molecule has 7 nitrogen and oxygen atoms in total. The van der Waals surface area contributed by atoms with Gasteiger partial charge in [0, 0.05) is 82.5 Å². The van der Waals surface area contributed by atoms with Crippen LogP contribution in [0.4, 0.5) is 0 Å². The van der Waals surface area contributed by atoms with Crippen LogP contribution in [0, 0.1) is 6.92 Å². The van der Waals surface area contributed by atoms with E-state index in [0.29, 0.717) is 17.5 Å². The second-order valence-electron chi connectivity index (χ2n) is 20.0. The van der Waals surface area contributed by atoms with Gasteiger partial charge in [0.15, 0.2) is 17.5 Å². The quantitative estimate of drug-likeness (QED) is 0.160. The van der Waals surface area contributed by atoms with Crippen molar-refractivity contribution in [3.05, 3.63) is 260 Å². The number of fused-ring (bicyclic) bond motifs is 14. The van der Waals surface area contributed by atoms with Gasteiger partial charge < -0.3 is 18.3 Å². The number of hydrogen-bond acceptors (Lipinski definition) is 3. The molecule has 7 heteroatoms. The second kappa shape index (κ2) is 16.8. The summed E-state index contributed by atoms with van der Waals surface area (Å²) in [5.41, 5.74) is 17.3. The molecule has 0 N–H and O–H groups in total. The molecule has 0 aliphatic carbocycles. The second-order valence-corrected chi connectivity index (χ2v) is 20.0. The highest BCUT2D eigenvalue weighted by atomic mass is 15.1. The molecule has 0 unspecified atom stereocenters. The SMILES string of the molecule is Cc1cc2c(c3ccccc3n2-c2ccccc2)c2c1c1cc(-n3c4ccccc4c4c3c(-c3nc(-c5ccccc5)nc(-c5ccccc5)n3)cc3c5ccccc5n(-c5ccccc5)c34)ccc1n2-c1ccccc1. The maximum atomic E-state index is 5.48. The standard InChI is InChI=1S/C70H45N7/c1-44-41-61-63(52-34-18-21-37-58(52)74(61)47-27-11-4-12-28-47)67-62(44)55-42-50(39-40-60(55)76(67)49-31-15-6-16-32-49)77-59-38-22-19-35-53(59)64-65-54(51-33-17-20-36-57(51)75(65)48-29-13-5-14-30-48)43-56(66(64)77)70-72-68(45-23-7-2-8-24-45)71-69(73-70)46-25-9-3-10-26-46/h2-43H,1H3. The molecule has 0 bridgehead atoms. The van der Waals surface area contributed by atoms with Gasteiger partial charge in [0.1, 0.15) is 0 Å². The van der Waals surface area contributed by atoms with Crippen LogP contribution in [0.1, 0.15) is 5.56 Å². The first kappa shape index (κ1) is 43.1. The molecule has 0 atom stereocenters. The topological polar surface area (TPSA) is 58.4 Å². The highest BCUT2D eigenvalue weighted by Gasteiger charge is 2.28. The fourth-order valence-corrected chi connectivity index (χ4v) is 12.5. The molecule has 16 rings (SSSR count). The van der Waals surface area contributed by atoms with Crippen molar-refractivity contribution in [1.82, 2.24) is 33.2 Å². The number of aromatic nitrogens is 7. The van der Waals surface area contributed by atoms with Crippen molar-refractivity contribution in [2.45, 2.75) is 6.92 Å². The van der Waals surface area contributed by atoms with Gasteiger partial charge in [-0.2, -0.15) is 0 Å². The van der Waals surface area contributed by atoms with Crippen molar-refractivity contribution >= 4 is 87.2 Å². The van der Waals surface area contributed by atoms with Gasteiger partial charge in [0.2, 0.25) is 0 Å². The van der Waals surface area contributed by atoms with Crippen molar-refractivity contribution < 1.29 is 0 Å². The van der Waals surface area contributed by atoms with Crippen molar-refractivity contribution in [2.75, 3.05) is 0 Å². The summed E-state index contributed by atoms with van der Waals surface area (Å²) in [6.45, 7) is 2.28. The lowest BCUT2D eigenvalue weighted by atomic mass is 10.0. The molecule has 0 aliphatic rings. The Morgan fingerprint density at radius 1 is 0.260 bits per heavy atom. The Morgan fingerprint density at radius 2 is 0.688 bits per heavy atom. The molecule has 0 radical (unpaired) electrons. The molecule has 5 heterocycles. The van der Waals surface area contributed by atoms with E-state index in [1.165, 1.54) is 43.7 Å². The fourth-order valence-electron chi connectivity index (χ4n) is 12.5. The summed E-state index contributed by atoms with van der Waals surface area (Å²) in [4.78, 5) is 16.1. The average molecular weight is 984 g/mol. The normalized spacial score (nSPS) is 12.0. The zero-order valence-corrected chi connectivity index (χ0v) is 41.9. The number of aryl methyl sites for hydroxylation is 1. The number of benzene rings is 11. The summed E-state index contributed by atoms with van der Waals surface area (Å²) in [5.74, 6) is 1.82. The molecule has 5 aromatic heterocycles. The monoisotopic (exact) mass is 983 g/mol. The molecule has 0 saturated heterocycles. The van der Waals surface area contributed by atoms with Gasteiger partial charge >= 0.3 is 0 Å². The van der Waals surface area contributed by atoms with Crippen LogP contribution >= 0.6 is 0 Å². The minimum Gasteiger partial charge on any atom is -0.309 e. The van der Waals surface area contributed by atoms with Crippen LogP contribution in [-0.2, 0) is 0 Å². The van der Waals surface area contributed by atoms with Crippen LogP contribution in [0.3, 0.4) is 0 Å². The minimum atomic E-state index is 0.597. The first-order valence-corrected chi connectivity index (χ1v) is 26.2. The van der Waals surface area contributed by atoms with Gasteiger partial charge in [-0.05, 0) is 97.4 Å². The lowest BCUT2D eigenvalue weighted by Crippen LogP contribution is -2.03. The highest BCUT2D eigenvalue weighted by Crippen LogP contribution is 2.48. The lowest BCUT2D eigenvalue weighted by Gasteiger charge is -2.15. The van der Waals surface area contributed by atoms with Gasteiger partial charge in [0.25, 0.3) is 0 Å². The Balaban J connectivity index is 1.08. The van der Waals surface area contributed by atoms with E-state index >= 15 is 0 Å². The predicted octanol–water partition coefficient (Wildman–Crippen LogP) is 17.6. The van der Waals surface area contributed by atoms with Gasteiger partial charge in [-0.25, -0.2) is 15.0 Å². The highest BCUT2D eigenvalue weighted by molar-refractivity contribution is 6.30. The van der Waals surface area contributed by atoms with E-state index in [0.717, 1.165) is 88.6 Å². The van der Waals surface area contributed by atoms with Gasteiger partial charge in [-0.15, -0.1) is 0 Å². The van der Waals surface area contributed by atoms with E-state index in [-0.39, 0.29) is 0 Å². The third kappa shape index (κ3) is 6.41. The minimum absolute atomic E-state index is 0.597. The number of rotatable bonds is 7. The Labute approximate surface area is 442 Å².